The lowest BCUT2D eigenvalue weighted by Gasteiger charge is -2.09. The number of hydrogen-bond acceptors (Lipinski definition) is 3. The molecule has 2 amide bonds. The first-order valence-electron chi connectivity index (χ1n) is 7.08. The van der Waals surface area contributed by atoms with Crippen molar-refractivity contribution < 1.29 is 18.7 Å². The first kappa shape index (κ1) is 16.5. The van der Waals surface area contributed by atoms with Crippen LogP contribution in [0.3, 0.4) is 0 Å². The molecule has 2 aromatic rings. The second kappa shape index (κ2) is 7.40. The fourth-order valence-corrected chi connectivity index (χ4v) is 1.96. The molecule has 0 unspecified atom stereocenters. The summed E-state index contributed by atoms with van der Waals surface area (Å²) in [6.07, 6.45) is 0.877. The van der Waals surface area contributed by atoms with Gasteiger partial charge in [-0.3, -0.25) is 20.4 Å². The summed E-state index contributed by atoms with van der Waals surface area (Å²) < 4.78 is 18.3. The number of hydrogen-bond donors (Lipinski definition) is 2. The molecule has 0 saturated carbocycles. The average Bonchev–Trinajstić information content (AvgIpc) is 2.59. The lowest BCUT2D eigenvalue weighted by Crippen LogP contribution is -2.41. The summed E-state index contributed by atoms with van der Waals surface area (Å²) in [6.45, 7) is 2.02. The van der Waals surface area contributed by atoms with Crippen LogP contribution in [0.5, 0.6) is 5.75 Å². The van der Waals surface area contributed by atoms with Crippen LogP contribution in [-0.4, -0.2) is 18.9 Å². The molecule has 2 rings (SSSR count). The predicted molar refractivity (Wildman–Crippen MR) is 83.7 cm³/mol. The minimum atomic E-state index is -0.651. The molecular weight excluding hydrogens is 299 g/mol. The second-order valence-corrected chi connectivity index (χ2v) is 4.81. The number of halogens is 1. The number of carbonyl (C=O) groups is 2. The standard InChI is InChI=1S/C17H17FN2O3/c1-3-11-4-6-12(7-5-11)16(21)19-20-17(22)13-8-9-15(23-2)14(18)10-13/h4-10H,3H2,1-2H3,(H,19,21)(H,20,22). The largest absolute Gasteiger partial charge is 0.494 e. The maximum absolute atomic E-state index is 13.6. The Hall–Kier alpha value is -2.89. The van der Waals surface area contributed by atoms with Crippen molar-refractivity contribution in [3.8, 4) is 5.75 Å². The van der Waals surface area contributed by atoms with Gasteiger partial charge in [0.05, 0.1) is 7.11 Å². The SMILES string of the molecule is CCc1ccc(C(=O)NNC(=O)c2ccc(OC)c(F)c2)cc1. The lowest BCUT2D eigenvalue weighted by atomic mass is 10.1. The monoisotopic (exact) mass is 316 g/mol. The molecule has 0 aliphatic carbocycles. The van der Waals surface area contributed by atoms with E-state index in [1.807, 2.05) is 19.1 Å². The maximum atomic E-state index is 13.6. The van der Waals surface area contributed by atoms with E-state index in [9.17, 15) is 14.0 Å². The van der Waals surface area contributed by atoms with Gasteiger partial charge in [0.15, 0.2) is 11.6 Å². The average molecular weight is 316 g/mol. The number of aryl methyl sites for hydroxylation is 1. The van der Waals surface area contributed by atoms with Gasteiger partial charge in [-0.25, -0.2) is 4.39 Å². The summed E-state index contributed by atoms with van der Waals surface area (Å²) in [4.78, 5) is 23.8. The number of nitrogens with one attached hydrogen (secondary N) is 2. The van der Waals surface area contributed by atoms with Crippen LogP contribution in [0.4, 0.5) is 4.39 Å². The maximum Gasteiger partial charge on any atom is 0.269 e. The summed E-state index contributed by atoms with van der Waals surface area (Å²) in [5.41, 5.74) is 6.14. The zero-order valence-electron chi connectivity index (χ0n) is 12.9. The van der Waals surface area contributed by atoms with Gasteiger partial charge >= 0.3 is 0 Å². The van der Waals surface area contributed by atoms with E-state index in [2.05, 4.69) is 10.9 Å². The molecule has 0 fully saturated rings. The number of rotatable bonds is 4. The van der Waals surface area contributed by atoms with Crippen LogP contribution in [-0.2, 0) is 6.42 Å². The van der Waals surface area contributed by atoms with Crippen molar-refractivity contribution in [1.29, 1.82) is 0 Å². The van der Waals surface area contributed by atoms with Crippen molar-refractivity contribution in [2.75, 3.05) is 7.11 Å². The molecule has 0 heterocycles. The summed E-state index contributed by atoms with van der Waals surface area (Å²) in [5, 5.41) is 0. The van der Waals surface area contributed by atoms with Gasteiger partial charge in [0.1, 0.15) is 0 Å². The van der Waals surface area contributed by atoms with Gasteiger partial charge < -0.3 is 4.74 Å². The van der Waals surface area contributed by atoms with Crippen LogP contribution in [0.25, 0.3) is 0 Å². The molecule has 5 nitrogen and oxygen atoms in total. The van der Waals surface area contributed by atoms with E-state index < -0.39 is 17.6 Å². The van der Waals surface area contributed by atoms with E-state index in [4.69, 9.17) is 4.74 Å². The first-order valence-corrected chi connectivity index (χ1v) is 7.08. The van der Waals surface area contributed by atoms with Crippen LogP contribution >= 0.6 is 0 Å². The van der Waals surface area contributed by atoms with Gasteiger partial charge in [-0.05, 0) is 42.3 Å². The first-order chi connectivity index (χ1) is 11.0. The van der Waals surface area contributed by atoms with Crippen LogP contribution in [0, 0.1) is 5.82 Å². The van der Waals surface area contributed by atoms with E-state index in [1.54, 1.807) is 12.1 Å². The Morgan fingerprint density at radius 2 is 1.57 bits per heavy atom. The highest BCUT2D eigenvalue weighted by Gasteiger charge is 2.11. The molecule has 6 heteroatoms. The van der Waals surface area contributed by atoms with Crippen LogP contribution < -0.4 is 15.6 Å². The Labute approximate surface area is 133 Å². The lowest BCUT2D eigenvalue weighted by molar-refractivity contribution is 0.0846. The van der Waals surface area contributed by atoms with Gasteiger partial charge in [0, 0.05) is 11.1 Å². The quantitative estimate of drug-likeness (QED) is 0.852. The van der Waals surface area contributed by atoms with Crippen molar-refractivity contribution in [3.63, 3.8) is 0 Å². The summed E-state index contributed by atoms with van der Waals surface area (Å²) in [5.74, 6) is -1.68. The van der Waals surface area contributed by atoms with Crippen LogP contribution in [0.15, 0.2) is 42.5 Å². The summed E-state index contributed by atoms with van der Waals surface area (Å²) in [6, 6.07) is 10.8. The highest BCUT2D eigenvalue weighted by Crippen LogP contribution is 2.17. The summed E-state index contributed by atoms with van der Waals surface area (Å²) >= 11 is 0. The zero-order chi connectivity index (χ0) is 16.8. The molecular formula is C17H17FN2O3. The molecule has 0 atom stereocenters. The number of benzene rings is 2. The Morgan fingerprint density at radius 1 is 1.00 bits per heavy atom. The Morgan fingerprint density at radius 3 is 2.09 bits per heavy atom. The van der Waals surface area contributed by atoms with Gasteiger partial charge in [-0.15, -0.1) is 0 Å². The Bertz CT molecular complexity index is 714. The second-order valence-electron chi connectivity index (χ2n) is 4.81. The molecule has 0 aliphatic rings. The van der Waals surface area contributed by atoms with E-state index in [0.717, 1.165) is 18.1 Å². The zero-order valence-corrected chi connectivity index (χ0v) is 12.9. The fourth-order valence-electron chi connectivity index (χ4n) is 1.96. The predicted octanol–water partition coefficient (Wildman–Crippen LogP) is 2.47. The van der Waals surface area contributed by atoms with E-state index in [1.165, 1.54) is 19.2 Å². The smallest absolute Gasteiger partial charge is 0.269 e. The van der Waals surface area contributed by atoms with E-state index in [0.29, 0.717) is 5.56 Å². The van der Waals surface area contributed by atoms with Crippen LogP contribution in [0.2, 0.25) is 0 Å². The third-order valence-corrected chi connectivity index (χ3v) is 3.33. The number of carbonyl (C=O) groups excluding carboxylic acids is 2. The van der Waals surface area contributed by atoms with E-state index in [-0.39, 0.29) is 11.3 Å². The molecule has 0 saturated heterocycles. The molecule has 0 bridgehead atoms. The van der Waals surface area contributed by atoms with Crippen molar-refractivity contribution >= 4 is 11.8 Å². The Balaban J connectivity index is 1.97. The normalized spacial score (nSPS) is 10.0. The van der Waals surface area contributed by atoms with E-state index >= 15 is 0 Å². The third-order valence-electron chi connectivity index (χ3n) is 3.33. The topological polar surface area (TPSA) is 67.4 Å². The molecule has 0 aliphatic heterocycles. The number of methoxy groups -OCH3 is 1. The number of hydrazine groups is 1. The highest BCUT2D eigenvalue weighted by atomic mass is 19.1. The molecule has 2 N–H and O–H groups in total. The van der Waals surface area contributed by atoms with Gasteiger partial charge in [0.2, 0.25) is 0 Å². The number of ether oxygens (including phenoxy) is 1. The van der Waals surface area contributed by atoms with Gasteiger partial charge in [-0.2, -0.15) is 0 Å². The van der Waals surface area contributed by atoms with Crippen molar-refractivity contribution in [2.24, 2.45) is 0 Å². The fraction of sp³-hybridized carbons (Fsp3) is 0.176. The molecule has 120 valence electrons. The molecule has 0 aromatic heterocycles. The Kier molecular flexibility index (Phi) is 5.30. The molecule has 23 heavy (non-hydrogen) atoms. The highest BCUT2D eigenvalue weighted by molar-refractivity contribution is 5.99. The van der Waals surface area contributed by atoms with Crippen LogP contribution in [0.1, 0.15) is 33.2 Å². The van der Waals surface area contributed by atoms with Crippen molar-refractivity contribution in [1.82, 2.24) is 10.9 Å². The molecule has 0 radical (unpaired) electrons. The minimum absolute atomic E-state index is 0.0431. The molecule has 2 aromatic carbocycles. The van der Waals surface area contributed by atoms with Gasteiger partial charge in [0.25, 0.3) is 11.8 Å². The van der Waals surface area contributed by atoms with Gasteiger partial charge in [-0.1, -0.05) is 19.1 Å². The third kappa shape index (κ3) is 4.06. The van der Waals surface area contributed by atoms with Crippen molar-refractivity contribution in [3.05, 3.63) is 65.0 Å². The molecule has 0 spiro atoms. The van der Waals surface area contributed by atoms with Crippen molar-refractivity contribution in [2.45, 2.75) is 13.3 Å². The summed E-state index contributed by atoms with van der Waals surface area (Å²) in [7, 11) is 1.34. The number of amides is 2. The minimum Gasteiger partial charge on any atom is -0.494 e.